The molecule has 3 heterocycles. The molecule has 1 aromatic rings. The first-order chi connectivity index (χ1) is 14.4. The fourth-order valence-corrected chi connectivity index (χ4v) is 7.41. The van der Waals surface area contributed by atoms with Crippen LogP contribution in [0.1, 0.15) is 37.7 Å². The van der Waals surface area contributed by atoms with Crippen LogP contribution in [0.4, 0.5) is 0 Å². The van der Waals surface area contributed by atoms with E-state index in [2.05, 4.69) is 4.90 Å². The Bertz CT molecular complexity index is 965. The van der Waals surface area contributed by atoms with Crippen LogP contribution in [0.25, 0.3) is 0 Å². The van der Waals surface area contributed by atoms with Gasteiger partial charge in [0.25, 0.3) is 0 Å². The minimum absolute atomic E-state index is 0.190. The highest BCUT2D eigenvalue weighted by molar-refractivity contribution is 7.89. The number of carbonyl (C=O) groups is 1. The summed E-state index contributed by atoms with van der Waals surface area (Å²) in [7, 11) is -3.75. The van der Waals surface area contributed by atoms with Crippen molar-refractivity contribution in [1.29, 1.82) is 5.26 Å². The summed E-state index contributed by atoms with van der Waals surface area (Å²) in [6.07, 6.45) is 7.21. The van der Waals surface area contributed by atoms with E-state index in [4.69, 9.17) is 10.4 Å². The number of carboxylic acids is 1. The van der Waals surface area contributed by atoms with Gasteiger partial charge in [-0.1, -0.05) is 6.08 Å². The van der Waals surface area contributed by atoms with Crippen molar-refractivity contribution in [1.82, 2.24) is 9.21 Å². The molecule has 3 aliphatic rings. The second-order valence-corrected chi connectivity index (χ2v) is 10.4. The third kappa shape index (κ3) is 3.89. The van der Waals surface area contributed by atoms with Crippen LogP contribution >= 0.6 is 0 Å². The number of hydrogen-bond acceptors (Lipinski definition) is 5. The minimum Gasteiger partial charge on any atom is -0.478 e. The zero-order valence-electron chi connectivity index (χ0n) is 16.9. The van der Waals surface area contributed by atoms with E-state index in [-0.39, 0.29) is 16.9 Å². The molecule has 3 fully saturated rings. The number of nitrogens with zero attached hydrogens (tertiary/aromatic N) is 3. The normalized spacial score (nSPS) is 30.0. The van der Waals surface area contributed by atoms with Gasteiger partial charge in [-0.05, 0) is 81.3 Å². The Labute approximate surface area is 177 Å². The van der Waals surface area contributed by atoms with E-state index < -0.39 is 16.0 Å². The van der Waals surface area contributed by atoms with Gasteiger partial charge in [0.2, 0.25) is 10.0 Å². The van der Waals surface area contributed by atoms with Crippen LogP contribution in [-0.4, -0.2) is 60.4 Å². The van der Waals surface area contributed by atoms with E-state index in [1.54, 1.807) is 10.4 Å². The Kier molecular flexibility index (Phi) is 5.96. The lowest BCUT2D eigenvalue weighted by Gasteiger charge is -2.56. The highest BCUT2D eigenvalue weighted by Gasteiger charge is 2.51. The zero-order valence-corrected chi connectivity index (χ0v) is 17.7. The summed E-state index contributed by atoms with van der Waals surface area (Å²) < 4.78 is 28.9. The smallest absolute Gasteiger partial charge is 0.327 e. The average Bonchev–Trinajstić information content (AvgIpc) is 2.75. The van der Waals surface area contributed by atoms with Crippen molar-refractivity contribution in [2.45, 2.75) is 49.1 Å². The van der Waals surface area contributed by atoms with E-state index in [1.807, 2.05) is 6.07 Å². The zero-order chi connectivity index (χ0) is 21.3. The number of aliphatic carboxylic acids is 1. The number of nitriles is 1. The molecular formula is C22H27N3O4S. The monoisotopic (exact) mass is 429 g/mol. The van der Waals surface area contributed by atoms with Gasteiger partial charge in [-0.3, -0.25) is 4.90 Å². The molecule has 0 amide bonds. The van der Waals surface area contributed by atoms with Crippen molar-refractivity contribution < 1.29 is 18.3 Å². The Morgan fingerprint density at radius 1 is 1.20 bits per heavy atom. The molecule has 3 saturated heterocycles. The van der Waals surface area contributed by atoms with E-state index in [9.17, 15) is 13.2 Å². The SMILES string of the molecule is N#Cc1ccc(S(=O)(=O)N2C[C@@H]3CCCN4CCC[C@@H]([C@H]34)[C@H]2C/C=C/C(=O)O)cc1. The van der Waals surface area contributed by atoms with Gasteiger partial charge >= 0.3 is 5.97 Å². The van der Waals surface area contributed by atoms with Gasteiger partial charge in [-0.25, -0.2) is 13.2 Å². The van der Waals surface area contributed by atoms with Crippen molar-refractivity contribution in [3.8, 4) is 6.07 Å². The molecule has 3 aliphatic heterocycles. The van der Waals surface area contributed by atoms with Crippen molar-refractivity contribution >= 4 is 16.0 Å². The van der Waals surface area contributed by atoms with Gasteiger partial charge in [0.1, 0.15) is 0 Å². The molecule has 0 aromatic heterocycles. The predicted molar refractivity (Wildman–Crippen MR) is 111 cm³/mol. The fourth-order valence-electron chi connectivity index (χ4n) is 5.67. The first-order valence-corrected chi connectivity index (χ1v) is 12.0. The molecule has 4 rings (SSSR count). The topological polar surface area (TPSA) is 102 Å². The summed E-state index contributed by atoms with van der Waals surface area (Å²) in [6, 6.07) is 8.19. The minimum atomic E-state index is -3.75. The van der Waals surface area contributed by atoms with Gasteiger partial charge < -0.3 is 5.11 Å². The second-order valence-electron chi connectivity index (χ2n) is 8.49. The number of carboxylic acid groups (broad SMARTS) is 1. The summed E-state index contributed by atoms with van der Waals surface area (Å²) in [5.74, 6) is -0.519. The highest BCUT2D eigenvalue weighted by atomic mass is 32.2. The number of sulfonamides is 1. The molecule has 0 saturated carbocycles. The van der Waals surface area contributed by atoms with Crippen molar-refractivity contribution in [3.05, 3.63) is 42.0 Å². The largest absolute Gasteiger partial charge is 0.478 e. The number of piperidine rings is 3. The lowest BCUT2D eigenvalue weighted by Crippen LogP contribution is -2.65. The molecule has 0 bridgehead atoms. The highest BCUT2D eigenvalue weighted by Crippen LogP contribution is 2.44. The van der Waals surface area contributed by atoms with Crippen LogP contribution in [0, 0.1) is 23.2 Å². The van der Waals surface area contributed by atoms with Crippen molar-refractivity contribution in [3.63, 3.8) is 0 Å². The number of rotatable bonds is 5. The van der Waals surface area contributed by atoms with Gasteiger partial charge in [0.05, 0.1) is 16.5 Å². The summed E-state index contributed by atoms with van der Waals surface area (Å²) in [6.45, 7) is 2.60. The Hall–Kier alpha value is -2.21. The lowest BCUT2D eigenvalue weighted by molar-refractivity contribution is -0.131. The van der Waals surface area contributed by atoms with E-state index >= 15 is 0 Å². The Morgan fingerprint density at radius 3 is 2.57 bits per heavy atom. The van der Waals surface area contributed by atoms with Crippen LogP contribution in [0.15, 0.2) is 41.3 Å². The summed E-state index contributed by atoms with van der Waals surface area (Å²) in [4.78, 5) is 13.7. The van der Waals surface area contributed by atoms with Crippen LogP contribution in [0.5, 0.6) is 0 Å². The van der Waals surface area contributed by atoms with E-state index in [0.29, 0.717) is 30.5 Å². The molecule has 0 unspecified atom stereocenters. The summed E-state index contributed by atoms with van der Waals surface area (Å²) in [5.41, 5.74) is 0.420. The molecule has 8 heteroatoms. The fraction of sp³-hybridized carbons (Fsp3) is 0.545. The van der Waals surface area contributed by atoms with Crippen molar-refractivity contribution in [2.75, 3.05) is 19.6 Å². The van der Waals surface area contributed by atoms with E-state index in [1.165, 1.54) is 24.3 Å². The lowest BCUT2D eigenvalue weighted by atomic mass is 9.70. The molecule has 0 spiro atoms. The first kappa shape index (κ1) is 21.0. The number of benzene rings is 1. The van der Waals surface area contributed by atoms with Gasteiger partial charge in [0, 0.05) is 24.7 Å². The first-order valence-electron chi connectivity index (χ1n) is 10.6. The third-order valence-corrected chi connectivity index (χ3v) is 8.76. The maximum Gasteiger partial charge on any atom is 0.327 e. The quantitative estimate of drug-likeness (QED) is 0.722. The maximum atomic E-state index is 13.6. The van der Waals surface area contributed by atoms with Gasteiger partial charge in [-0.15, -0.1) is 0 Å². The molecule has 160 valence electrons. The van der Waals surface area contributed by atoms with Gasteiger partial charge in [0.15, 0.2) is 0 Å². The molecule has 0 aliphatic carbocycles. The van der Waals surface area contributed by atoms with Crippen LogP contribution in [0.2, 0.25) is 0 Å². The van der Waals surface area contributed by atoms with Crippen LogP contribution in [-0.2, 0) is 14.8 Å². The molecule has 7 nitrogen and oxygen atoms in total. The Morgan fingerprint density at radius 2 is 1.90 bits per heavy atom. The molecule has 0 radical (unpaired) electrons. The third-order valence-electron chi connectivity index (χ3n) is 6.85. The molecule has 1 aromatic carbocycles. The molecule has 4 atom stereocenters. The standard InChI is InChI=1S/C22H27N3O4S/c23-14-16-8-10-18(11-9-16)30(28,29)25-15-17-4-2-12-24-13-3-5-19(22(17)24)20(25)6-1-7-21(26)27/h1,7-11,17,19-20,22H,2-6,12-13,15H2,(H,26,27)/b7-1+/t17-,19+,20+,22-/m0/s1. The summed E-state index contributed by atoms with van der Waals surface area (Å²) >= 11 is 0. The summed E-state index contributed by atoms with van der Waals surface area (Å²) in [5, 5.41) is 18.0. The molecule has 1 N–H and O–H groups in total. The van der Waals surface area contributed by atoms with E-state index in [0.717, 1.165) is 44.8 Å². The van der Waals surface area contributed by atoms with Gasteiger partial charge in [-0.2, -0.15) is 9.57 Å². The molecular weight excluding hydrogens is 402 g/mol. The van der Waals surface area contributed by atoms with Crippen LogP contribution in [0.3, 0.4) is 0 Å². The number of hydrogen-bond donors (Lipinski definition) is 1. The second kappa shape index (κ2) is 8.50. The maximum absolute atomic E-state index is 13.6. The van der Waals surface area contributed by atoms with Crippen molar-refractivity contribution in [2.24, 2.45) is 11.8 Å². The average molecular weight is 430 g/mol. The predicted octanol–water partition coefficient (Wildman–Crippen LogP) is 2.45. The van der Waals surface area contributed by atoms with Crippen LogP contribution < -0.4 is 0 Å². The Balaban J connectivity index is 1.70. The molecule has 30 heavy (non-hydrogen) atoms.